The molecule has 2 amide bonds. The Bertz CT molecular complexity index is 330. The molecular weight excluding hydrogens is 223 g/mol. The molecule has 17 heavy (non-hydrogen) atoms. The number of rotatable bonds is 4. The maximum Gasteiger partial charge on any atom is 0.248 e. The van der Waals surface area contributed by atoms with Crippen LogP contribution >= 0.6 is 0 Å². The summed E-state index contributed by atoms with van der Waals surface area (Å²) in [6.45, 7) is 2.20. The van der Waals surface area contributed by atoms with E-state index in [-0.39, 0.29) is 17.7 Å². The second kappa shape index (κ2) is 4.63. The van der Waals surface area contributed by atoms with Crippen molar-refractivity contribution >= 4 is 11.8 Å². The summed E-state index contributed by atoms with van der Waals surface area (Å²) in [5.74, 6) is 0.139. The highest BCUT2D eigenvalue weighted by Crippen LogP contribution is 2.41. The number of carbonyl (C=O) groups is 2. The largest absolute Gasteiger partial charge is 0.342 e. The van der Waals surface area contributed by atoms with Crippen LogP contribution < -0.4 is 5.32 Å². The molecule has 1 aliphatic carbocycles. The average Bonchev–Trinajstić information content (AvgIpc) is 3.11. The van der Waals surface area contributed by atoms with E-state index in [0.29, 0.717) is 25.9 Å². The van der Waals surface area contributed by atoms with Crippen LogP contribution in [0.4, 0.5) is 4.39 Å². The summed E-state index contributed by atoms with van der Waals surface area (Å²) < 4.78 is 12.2. The summed E-state index contributed by atoms with van der Waals surface area (Å²) in [5.41, 5.74) is -0.760. The van der Waals surface area contributed by atoms with Crippen molar-refractivity contribution in [3.63, 3.8) is 0 Å². The molecule has 0 radical (unpaired) electrons. The monoisotopic (exact) mass is 242 g/mol. The topological polar surface area (TPSA) is 49.4 Å². The van der Waals surface area contributed by atoms with E-state index in [0.717, 1.165) is 12.8 Å². The second-order valence-corrected chi connectivity index (χ2v) is 5.11. The molecule has 2 rings (SSSR count). The molecule has 0 aromatic carbocycles. The SMILES string of the molecule is CC1(C2CC2)NC(=O)CCN(CCCF)C1=O. The third-order valence-corrected chi connectivity index (χ3v) is 3.69. The Morgan fingerprint density at radius 2 is 2.18 bits per heavy atom. The van der Waals surface area contributed by atoms with Crippen molar-refractivity contribution in [1.29, 1.82) is 0 Å². The van der Waals surface area contributed by atoms with Crippen LogP contribution in [0.25, 0.3) is 0 Å². The molecule has 1 aliphatic heterocycles. The molecule has 1 heterocycles. The molecular formula is C12H19FN2O2. The average molecular weight is 242 g/mol. The number of hydrogen-bond donors (Lipinski definition) is 1. The Hall–Kier alpha value is -1.13. The third-order valence-electron chi connectivity index (χ3n) is 3.69. The van der Waals surface area contributed by atoms with Crippen LogP contribution in [0.1, 0.15) is 32.6 Å². The lowest BCUT2D eigenvalue weighted by molar-refractivity contribution is -0.139. The van der Waals surface area contributed by atoms with Crippen LogP contribution in [-0.4, -0.2) is 42.0 Å². The van der Waals surface area contributed by atoms with Gasteiger partial charge in [-0.1, -0.05) is 0 Å². The van der Waals surface area contributed by atoms with E-state index in [1.807, 2.05) is 0 Å². The van der Waals surface area contributed by atoms with Crippen LogP contribution in [-0.2, 0) is 9.59 Å². The van der Waals surface area contributed by atoms with E-state index in [2.05, 4.69) is 5.32 Å². The van der Waals surface area contributed by atoms with Crippen molar-refractivity contribution in [1.82, 2.24) is 10.2 Å². The first kappa shape index (κ1) is 12.3. The second-order valence-electron chi connectivity index (χ2n) is 5.11. The van der Waals surface area contributed by atoms with Crippen LogP contribution in [0.3, 0.4) is 0 Å². The Morgan fingerprint density at radius 3 is 2.76 bits per heavy atom. The molecule has 1 N–H and O–H groups in total. The van der Waals surface area contributed by atoms with E-state index < -0.39 is 12.2 Å². The van der Waals surface area contributed by atoms with Gasteiger partial charge in [0.15, 0.2) is 0 Å². The minimum absolute atomic E-state index is 0.0423. The van der Waals surface area contributed by atoms with Crippen molar-refractivity contribution in [2.24, 2.45) is 5.92 Å². The summed E-state index contributed by atoms with van der Waals surface area (Å²) in [5, 5.41) is 2.85. The van der Waals surface area contributed by atoms with Gasteiger partial charge in [-0.25, -0.2) is 0 Å². The zero-order chi connectivity index (χ0) is 12.5. The van der Waals surface area contributed by atoms with Gasteiger partial charge < -0.3 is 10.2 Å². The summed E-state index contributed by atoms with van der Waals surface area (Å²) in [6, 6.07) is 0. The molecule has 0 spiro atoms. The van der Waals surface area contributed by atoms with Gasteiger partial charge in [-0.05, 0) is 32.1 Å². The first-order valence-electron chi connectivity index (χ1n) is 6.24. The Balaban J connectivity index is 2.13. The highest BCUT2D eigenvalue weighted by molar-refractivity contribution is 5.93. The number of carbonyl (C=O) groups excluding carboxylic acids is 2. The first-order chi connectivity index (χ1) is 8.08. The maximum atomic E-state index is 12.4. The van der Waals surface area contributed by atoms with Crippen LogP contribution in [0.5, 0.6) is 0 Å². The van der Waals surface area contributed by atoms with Gasteiger partial charge >= 0.3 is 0 Å². The summed E-state index contributed by atoms with van der Waals surface area (Å²) in [7, 11) is 0. The smallest absolute Gasteiger partial charge is 0.248 e. The molecule has 0 bridgehead atoms. The number of hydrogen-bond acceptors (Lipinski definition) is 2. The van der Waals surface area contributed by atoms with Gasteiger partial charge in [0.2, 0.25) is 11.8 Å². The summed E-state index contributed by atoms with van der Waals surface area (Å²) >= 11 is 0. The van der Waals surface area contributed by atoms with Gasteiger partial charge in [0.1, 0.15) is 5.54 Å². The minimum atomic E-state index is -0.760. The van der Waals surface area contributed by atoms with E-state index in [9.17, 15) is 14.0 Å². The van der Waals surface area contributed by atoms with E-state index >= 15 is 0 Å². The number of nitrogens with one attached hydrogen (secondary N) is 1. The van der Waals surface area contributed by atoms with Crippen LogP contribution in [0.2, 0.25) is 0 Å². The maximum absolute atomic E-state index is 12.4. The zero-order valence-electron chi connectivity index (χ0n) is 10.2. The summed E-state index contributed by atoms with van der Waals surface area (Å²) in [6.07, 6.45) is 2.64. The van der Waals surface area contributed by atoms with E-state index in [4.69, 9.17) is 0 Å². The van der Waals surface area contributed by atoms with Crippen LogP contribution in [0.15, 0.2) is 0 Å². The quantitative estimate of drug-likeness (QED) is 0.795. The summed E-state index contributed by atoms with van der Waals surface area (Å²) in [4.78, 5) is 25.7. The lowest BCUT2D eigenvalue weighted by atomic mass is 9.94. The molecule has 1 atom stereocenters. The fourth-order valence-corrected chi connectivity index (χ4v) is 2.47. The fraction of sp³-hybridized carbons (Fsp3) is 0.833. The van der Waals surface area contributed by atoms with Gasteiger partial charge in [0, 0.05) is 19.5 Å². The number of nitrogens with zero attached hydrogens (tertiary/aromatic N) is 1. The lowest BCUT2D eigenvalue weighted by Crippen LogP contribution is -2.56. The minimum Gasteiger partial charge on any atom is -0.342 e. The third kappa shape index (κ3) is 2.42. The highest BCUT2D eigenvalue weighted by Gasteiger charge is 2.50. The van der Waals surface area contributed by atoms with Crippen molar-refractivity contribution in [2.75, 3.05) is 19.8 Å². The molecule has 4 nitrogen and oxygen atoms in total. The van der Waals surface area contributed by atoms with E-state index in [1.54, 1.807) is 11.8 Å². The highest BCUT2D eigenvalue weighted by atomic mass is 19.1. The Labute approximate surface area is 101 Å². The van der Waals surface area contributed by atoms with Gasteiger partial charge in [-0.15, -0.1) is 0 Å². The first-order valence-corrected chi connectivity index (χ1v) is 6.24. The molecule has 96 valence electrons. The molecule has 2 fully saturated rings. The molecule has 1 unspecified atom stereocenters. The Kier molecular flexibility index (Phi) is 3.35. The molecule has 0 aromatic rings. The van der Waals surface area contributed by atoms with Gasteiger partial charge in [0.25, 0.3) is 0 Å². The van der Waals surface area contributed by atoms with Crippen molar-refractivity contribution in [3.8, 4) is 0 Å². The molecule has 1 saturated carbocycles. The molecule has 1 saturated heterocycles. The van der Waals surface area contributed by atoms with Crippen molar-refractivity contribution in [2.45, 2.75) is 38.1 Å². The number of halogens is 1. The fourth-order valence-electron chi connectivity index (χ4n) is 2.47. The molecule has 5 heteroatoms. The zero-order valence-corrected chi connectivity index (χ0v) is 10.2. The number of alkyl halides is 1. The van der Waals surface area contributed by atoms with Gasteiger partial charge in [0.05, 0.1) is 6.67 Å². The van der Waals surface area contributed by atoms with Gasteiger partial charge in [-0.3, -0.25) is 14.0 Å². The standard InChI is InChI=1S/C12H19FN2O2/c1-12(9-3-4-9)11(17)15(7-2-6-13)8-5-10(16)14-12/h9H,2-8H2,1H3,(H,14,16). The normalized spacial score (nSPS) is 30.1. The molecule has 2 aliphatic rings. The van der Waals surface area contributed by atoms with Crippen LogP contribution in [0, 0.1) is 5.92 Å². The lowest BCUT2D eigenvalue weighted by Gasteiger charge is -2.32. The molecule has 0 aromatic heterocycles. The predicted octanol–water partition coefficient (Wildman–Crippen LogP) is 0.863. The van der Waals surface area contributed by atoms with Gasteiger partial charge in [-0.2, -0.15) is 0 Å². The van der Waals surface area contributed by atoms with Crippen molar-refractivity contribution in [3.05, 3.63) is 0 Å². The number of amides is 2. The van der Waals surface area contributed by atoms with E-state index in [1.165, 1.54) is 0 Å². The van der Waals surface area contributed by atoms with Crippen molar-refractivity contribution < 1.29 is 14.0 Å². The predicted molar refractivity (Wildman–Crippen MR) is 61.1 cm³/mol. The Morgan fingerprint density at radius 1 is 1.47 bits per heavy atom.